The smallest absolute Gasteiger partial charge is 0.433 e. The van der Waals surface area contributed by atoms with Crippen molar-refractivity contribution in [3.63, 3.8) is 0 Å². The van der Waals surface area contributed by atoms with Crippen LogP contribution in [0, 0.1) is 19.8 Å². The van der Waals surface area contributed by atoms with Crippen molar-refractivity contribution in [2.24, 2.45) is 5.92 Å². The van der Waals surface area contributed by atoms with Crippen LogP contribution in [0.15, 0.2) is 18.7 Å². The Bertz CT molecular complexity index is 760. The van der Waals surface area contributed by atoms with Crippen LogP contribution in [0.5, 0.6) is 5.88 Å². The quantitative estimate of drug-likeness (QED) is 0.827. The number of hydrogen-bond donors (Lipinski definition) is 0. The fourth-order valence-electron chi connectivity index (χ4n) is 2.86. The van der Waals surface area contributed by atoms with E-state index in [0.717, 1.165) is 36.5 Å². The highest BCUT2D eigenvalue weighted by atomic mass is 19.4. The number of rotatable bonds is 4. The van der Waals surface area contributed by atoms with E-state index in [4.69, 9.17) is 4.74 Å². The minimum atomic E-state index is -4.46. The van der Waals surface area contributed by atoms with Crippen LogP contribution in [-0.4, -0.2) is 39.6 Å². The Kier molecular flexibility index (Phi) is 5.24. The topological polar surface area (TPSA) is 64.0 Å². The summed E-state index contributed by atoms with van der Waals surface area (Å²) in [5.41, 5.74) is 0.891. The molecule has 0 saturated carbocycles. The molecule has 3 heterocycles. The van der Waals surface area contributed by atoms with Crippen LogP contribution >= 0.6 is 0 Å². The first kappa shape index (κ1) is 18.3. The average molecular weight is 367 g/mol. The second kappa shape index (κ2) is 7.43. The van der Waals surface area contributed by atoms with E-state index in [2.05, 4.69) is 19.9 Å². The summed E-state index contributed by atoms with van der Waals surface area (Å²) in [6.45, 7) is 5.61. The van der Waals surface area contributed by atoms with E-state index in [9.17, 15) is 13.2 Å². The van der Waals surface area contributed by atoms with Crippen molar-refractivity contribution >= 4 is 5.82 Å². The van der Waals surface area contributed by atoms with Crippen molar-refractivity contribution < 1.29 is 17.9 Å². The Morgan fingerprint density at radius 2 is 1.77 bits per heavy atom. The average Bonchev–Trinajstić information content (AvgIpc) is 2.63. The fraction of sp³-hybridized carbons (Fsp3) is 0.529. The lowest BCUT2D eigenvalue weighted by Gasteiger charge is -2.32. The molecular weight excluding hydrogens is 347 g/mol. The van der Waals surface area contributed by atoms with Crippen LogP contribution in [0.1, 0.15) is 29.8 Å². The molecule has 0 atom stereocenters. The SMILES string of the molecule is Cc1ncnc(OCC2CCN(c3cc(C(F)(F)F)ncn3)CC2)c1C. The third-order valence-corrected chi connectivity index (χ3v) is 4.63. The number of ether oxygens (including phenoxy) is 1. The first-order chi connectivity index (χ1) is 12.3. The molecule has 1 fully saturated rings. The van der Waals surface area contributed by atoms with Crippen LogP contribution in [0.2, 0.25) is 0 Å². The predicted octanol–water partition coefficient (Wildman–Crippen LogP) is 3.20. The molecule has 0 bridgehead atoms. The first-order valence-electron chi connectivity index (χ1n) is 8.40. The molecule has 0 N–H and O–H groups in total. The van der Waals surface area contributed by atoms with Gasteiger partial charge in [0.2, 0.25) is 5.88 Å². The largest absolute Gasteiger partial charge is 0.477 e. The maximum absolute atomic E-state index is 12.8. The number of alkyl halides is 3. The van der Waals surface area contributed by atoms with E-state index >= 15 is 0 Å². The number of hydrogen-bond acceptors (Lipinski definition) is 6. The Balaban J connectivity index is 1.55. The van der Waals surface area contributed by atoms with Gasteiger partial charge < -0.3 is 9.64 Å². The summed E-state index contributed by atoms with van der Waals surface area (Å²) in [6.07, 6.45) is -0.387. The van der Waals surface area contributed by atoms with E-state index in [-0.39, 0.29) is 0 Å². The van der Waals surface area contributed by atoms with Gasteiger partial charge in [0.25, 0.3) is 0 Å². The van der Waals surface area contributed by atoms with Crippen LogP contribution in [0.25, 0.3) is 0 Å². The monoisotopic (exact) mass is 367 g/mol. The lowest BCUT2D eigenvalue weighted by atomic mass is 9.98. The number of anilines is 1. The summed E-state index contributed by atoms with van der Waals surface area (Å²) >= 11 is 0. The van der Waals surface area contributed by atoms with Gasteiger partial charge in [-0.1, -0.05) is 0 Å². The third-order valence-electron chi connectivity index (χ3n) is 4.63. The maximum atomic E-state index is 12.8. The van der Waals surface area contributed by atoms with Crippen LogP contribution < -0.4 is 9.64 Å². The summed E-state index contributed by atoms with van der Waals surface area (Å²) in [6, 6.07) is 1.00. The molecule has 1 aliphatic rings. The Morgan fingerprint density at radius 1 is 1.08 bits per heavy atom. The fourth-order valence-corrected chi connectivity index (χ4v) is 2.86. The molecule has 9 heteroatoms. The van der Waals surface area contributed by atoms with Gasteiger partial charge in [-0.25, -0.2) is 19.9 Å². The molecule has 3 rings (SSSR count). The minimum absolute atomic E-state index is 0.314. The summed E-state index contributed by atoms with van der Waals surface area (Å²) in [7, 11) is 0. The van der Waals surface area contributed by atoms with Crippen molar-refractivity contribution in [1.82, 2.24) is 19.9 Å². The lowest BCUT2D eigenvalue weighted by Crippen LogP contribution is -2.36. The van der Waals surface area contributed by atoms with Crippen LogP contribution in [-0.2, 0) is 6.18 Å². The number of aromatic nitrogens is 4. The zero-order valence-corrected chi connectivity index (χ0v) is 14.6. The number of piperidine rings is 1. The minimum Gasteiger partial charge on any atom is -0.477 e. The highest BCUT2D eigenvalue weighted by Crippen LogP contribution is 2.30. The molecule has 0 amide bonds. The third kappa shape index (κ3) is 4.20. The normalized spacial score (nSPS) is 16.0. The van der Waals surface area contributed by atoms with E-state index in [0.29, 0.717) is 37.3 Å². The summed E-state index contributed by atoms with van der Waals surface area (Å²) in [5.74, 6) is 1.23. The predicted molar refractivity (Wildman–Crippen MR) is 89.0 cm³/mol. The van der Waals surface area contributed by atoms with Crippen molar-refractivity contribution in [3.05, 3.63) is 35.7 Å². The number of aryl methyl sites for hydroxylation is 1. The standard InChI is InChI=1S/C17H20F3N5O/c1-11-12(2)21-9-24-16(11)26-8-13-3-5-25(6-4-13)15-7-14(17(18,19)20)22-10-23-15/h7,9-10,13H,3-6,8H2,1-2H3. The number of halogens is 3. The molecule has 0 radical (unpaired) electrons. The van der Waals surface area contributed by atoms with Crippen molar-refractivity contribution in [2.45, 2.75) is 32.9 Å². The lowest BCUT2D eigenvalue weighted by molar-refractivity contribution is -0.141. The molecule has 0 aliphatic carbocycles. The molecule has 1 saturated heterocycles. The number of nitrogens with zero attached hydrogens (tertiary/aromatic N) is 5. The van der Waals surface area contributed by atoms with E-state index in [1.165, 1.54) is 6.33 Å². The summed E-state index contributed by atoms with van der Waals surface area (Å²) < 4.78 is 44.2. The van der Waals surface area contributed by atoms with Gasteiger partial charge in [-0.05, 0) is 32.6 Å². The molecule has 26 heavy (non-hydrogen) atoms. The molecule has 0 unspecified atom stereocenters. The van der Waals surface area contributed by atoms with E-state index in [1.807, 2.05) is 18.7 Å². The van der Waals surface area contributed by atoms with Crippen molar-refractivity contribution in [2.75, 3.05) is 24.6 Å². The van der Waals surface area contributed by atoms with Crippen LogP contribution in [0.4, 0.5) is 19.0 Å². The van der Waals surface area contributed by atoms with E-state index in [1.54, 1.807) is 0 Å². The van der Waals surface area contributed by atoms with Gasteiger partial charge in [0.15, 0.2) is 0 Å². The summed E-state index contributed by atoms with van der Waals surface area (Å²) in [4.78, 5) is 17.4. The maximum Gasteiger partial charge on any atom is 0.433 e. The van der Waals surface area contributed by atoms with Gasteiger partial charge in [0.1, 0.15) is 24.2 Å². The molecule has 2 aromatic heterocycles. The van der Waals surface area contributed by atoms with Crippen molar-refractivity contribution in [1.29, 1.82) is 0 Å². The second-order valence-electron chi connectivity index (χ2n) is 6.39. The molecule has 0 aromatic carbocycles. The second-order valence-corrected chi connectivity index (χ2v) is 6.39. The Morgan fingerprint density at radius 3 is 2.46 bits per heavy atom. The Hall–Kier alpha value is -2.45. The van der Waals surface area contributed by atoms with Gasteiger partial charge in [-0.3, -0.25) is 0 Å². The van der Waals surface area contributed by atoms with Gasteiger partial charge >= 0.3 is 6.18 Å². The van der Waals surface area contributed by atoms with Gasteiger partial charge in [-0.15, -0.1) is 0 Å². The molecule has 1 aliphatic heterocycles. The molecule has 0 spiro atoms. The van der Waals surface area contributed by atoms with Crippen LogP contribution in [0.3, 0.4) is 0 Å². The molecule has 2 aromatic rings. The summed E-state index contributed by atoms with van der Waals surface area (Å²) in [5, 5.41) is 0. The van der Waals surface area contributed by atoms with Gasteiger partial charge in [0, 0.05) is 30.4 Å². The highest BCUT2D eigenvalue weighted by molar-refractivity contribution is 5.40. The molecule has 6 nitrogen and oxygen atoms in total. The van der Waals surface area contributed by atoms with E-state index < -0.39 is 11.9 Å². The molecule has 140 valence electrons. The Labute approximate surface area is 149 Å². The zero-order valence-electron chi connectivity index (χ0n) is 14.6. The zero-order chi connectivity index (χ0) is 18.7. The highest BCUT2D eigenvalue weighted by Gasteiger charge is 2.33. The van der Waals surface area contributed by atoms with Gasteiger partial charge in [0.05, 0.1) is 6.61 Å². The molecular formula is C17H20F3N5O. The van der Waals surface area contributed by atoms with Gasteiger partial charge in [-0.2, -0.15) is 13.2 Å². The van der Waals surface area contributed by atoms with Crippen molar-refractivity contribution in [3.8, 4) is 5.88 Å². The first-order valence-corrected chi connectivity index (χ1v) is 8.40.